The standard InChI is InChI=1S/C17H18N2O4S/c1-5-6-19-16(21)13(15(20)18-17(19)24)9-12-10(2)7-11(22-3)8-14(12)23-4/h5,7-9H,1,6H2,2-4H3,(H,18,20,24). The normalized spacial score (nSPS) is 16.2. The van der Waals surface area contributed by atoms with Crippen LogP contribution in [0.1, 0.15) is 11.1 Å². The minimum absolute atomic E-state index is 0.0167. The Labute approximate surface area is 145 Å². The molecule has 2 amide bonds. The van der Waals surface area contributed by atoms with Crippen LogP contribution in [0.5, 0.6) is 11.5 Å². The Bertz CT molecular complexity index is 755. The highest BCUT2D eigenvalue weighted by Crippen LogP contribution is 2.31. The second-order valence-electron chi connectivity index (χ2n) is 5.08. The van der Waals surface area contributed by atoms with Gasteiger partial charge in [-0.2, -0.15) is 0 Å². The maximum Gasteiger partial charge on any atom is 0.265 e. The van der Waals surface area contributed by atoms with Crippen LogP contribution in [0.15, 0.2) is 30.4 Å². The number of nitrogens with zero attached hydrogens (tertiary/aromatic N) is 1. The molecule has 0 saturated carbocycles. The van der Waals surface area contributed by atoms with Gasteiger partial charge in [0.2, 0.25) is 0 Å². The van der Waals surface area contributed by atoms with Gasteiger partial charge < -0.3 is 9.47 Å². The van der Waals surface area contributed by atoms with Crippen molar-refractivity contribution in [2.75, 3.05) is 20.8 Å². The number of methoxy groups -OCH3 is 2. The minimum Gasteiger partial charge on any atom is -0.497 e. The molecule has 0 bridgehead atoms. The topological polar surface area (TPSA) is 67.9 Å². The Morgan fingerprint density at radius 1 is 1.29 bits per heavy atom. The first-order chi connectivity index (χ1) is 11.4. The second kappa shape index (κ2) is 7.27. The van der Waals surface area contributed by atoms with Crippen molar-refractivity contribution in [3.63, 3.8) is 0 Å². The van der Waals surface area contributed by atoms with Gasteiger partial charge in [0.1, 0.15) is 17.1 Å². The highest BCUT2D eigenvalue weighted by Gasteiger charge is 2.33. The zero-order valence-electron chi connectivity index (χ0n) is 13.7. The Hall–Kier alpha value is -2.67. The molecule has 0 spiro atoms. The lowest BCUT2D eigenvalue weighted by Gasteiger charge is -2.28. The van der Waals surface area contributed by atoms with Crippen LogP contribution >= 0.6 is 12.2 Å². The Morgan fingerprint density at radius 3 is 2.58 bits per heavy atom. The monoisotopic (exact) mass is 346 g/mol. The molecule has 0 aromatic heterocycles. The summed E-state index contributed by atoms with van der Waals surface area (Å²) in [4.78, 5) is 26.0. The van der Waals surface area contributed by atoms with Crippen molar-refractivity contribution in [2.24, 2.45) is 0 Å². The van der Waals surface area contributed by atoms with E-state index in [-0.39, 0.29) is 17.2 Å². The molecule has 126 valence electrons. The van der Waals surface area contributed by atoms with E-state index in [1.165, 1.54) is 18.1 Å². The summed E-state index contributed by atoms with van der Waals surface area (Å²) < 4.78 is 10.6. The molecule has 0 radical (unpaired) electrons. The largest absolute Gasteiger partial charge is 0.497 e. The molecule has 1 aromatic carbocycles. The van der Waals surface area contributed by atoms with Crippen LogP contribution in [-0.4, -0.2) is 42.6 Å². The highest BCUT2D eigenvalue weighted by molar-refractivity contribution is 7.80. The minimum atomic E-state index is -0.539. The number of thiocarbonyl (C=S) groups is 1. The van der Waals surface area contributed by atoms with E-state index in [1.54, 1.807) is 25.3 Å². The summed E-state index contributed by atoms with van der Waals surface area (Å²) in [5.74, 6) is 0.118. The number of aryl methyl sites for hydroxylation is 1. The third-order valence-corrected chi connectivity index (χ3v) is 3.89. The molecule has 1 aliphatic heterocycles. The molecule has 1 N–H and O–H groups in total. The Balaban J connectivity index is 2.53. The van der Waals surface area contributed by atoms with Gasteiger partial charge in [-0.05, 0) is 36.8 Å². The lowest BCUT2D eigenvalue weighted by atomic mass is 10.0. The lowest BCUT2D eigenvalue weighted by molar-refractivity contribution is -0.128. The number of rotatable bonds is 5. The quantitative estimate of drug-likeness (QED) is 0.381. The van der Waals surface area contributed by atoms with Crippen molar-refractivity contribution >= 4 is 35.2 Å². The number of nitrogens with one attached hydrogen (secondary N) is 1. The third kappa shape index (κ3) is 3.30. The van der Waals surface area contributed by atoms with Crippen molar-refractivity contribution in [1.82, 2.24) is 10.2 Å². The van der Waals surface area contributed by atoms with E-state index in [4.69, 9.17) is 21.7 Å². The summed E-state index contributed by atoms with van der Waals surface area (Å²) in [6.45, 7) is 5.65. The Morgan fingerprint density at radius 2 is 2.00 bits per heavy atom. The number of hydrogen-bond donors (Lipinski definition) is 1. The van der Waals surface area contributed by atoms with Crippen LogP contribution in [-0.2, 0) is 9.59 Å². The number of benzene rings is 1. The van der Waals surface area contributed by atoms with Crippen LogP contribution in [0.2, 0.25) is 0 Å². The van der Waals surface area contributed by atoms with Gasteiger partial charge in [-0.25, -0.2) is 0 Å². The maximum atomic E-state index is 12.6. The summed E-state index contributed by atoms with van der Waals surface area (Å²) in [5.41, 5.74) is 1.42. The van der Waals surface area contributed by atoms with E-state index in [0.717, 1.165) is 5.56 Å². The molecular formula is C17H18N2O4S. The summed E-state index contributed by atoms with van der Waals surface area (Å²) in [5, 5.41) is 2.58. The van der Waals surface area contributed by atoms with Gasteiger partial charge in [-0.15, -0.1) is 6.58 Å². The SMILES string of the molecule is C=CCN1C(=O)C(=Cc2c(C)cc(OC)cc2OC)C(=O)NC1=S. The first-order valence-electron chi connectivity index (χ1n) is 7.15. The van der Waals surface area contributed by atoms with Crippen molar-refractivity contribution in [3.05, 3.63) is 41.5 Å². The fraction of sp³-hybridized carbons (Fsp3) is 0.235. The van der Waals surface area contributed by atoms with Crippen LogP contribution in [0.25, 0.3) is 6.08 Å². The number of carbonyl (C=O) groups excluding carboxylic acids is 2. The number of ether oxygens (including phenoxy) is 2. The van der Waals surface area contributed by atoms with Gasteiger partial charge in [0, 0.05) is 18.2 Å². The van der Waals surface area contributed by atoms with Crippen molar-refractivity contribution in [2.45, 2.75) is 6.92 Å². The van der Waals surface area contributed by atoms with E-state index >= 15 is 0 Å². The summed E-state index contributed by atoms with van der Waals surface area (Å²) in [7, 11) is 3.07. The van der Waals surface area contributed by atoms with Crippen LogP contribution in [0, 0.1) is 6.92 Å². The van der Waals surface area contributed by atoms with Crippen LogP contribution in [0.4, 0.5) is 0 Å². The molecule has 0 unspecified atom stereocenters. The van der Waals surface area contributed by atoms with E-state index in [9.17, 15) is 9.59 Å². The third-order valence-electron chi connectivity index (χ3n) is 3.56. The van der Waals surface area contributed by atoms with Gasteiger partial charge in [0.15, 0.2) is 5.11 Å². The molecule has 1 saturated heterocycles. The zero-order valence-corrected chi connectivity index (χ0v) is 14.5. The summed E-state index contributed by atoms with van der Waals surface area (Å²) in [6.07, 6.45) is 3.04. The molecule has 0 aliphatic carbocycles. The summed E-state index contributed by atoms with van der Waals surface area (Å²) >= 11 is 5.03. The molecule has 2 rings (SSSR count). The first-order valence-corrected chi connectivity index (χ1v) is 7.56. The number of carbonyl (C=O) groups is 2. The average Bonchev–Trinajstić information content (AvgIpc) is 2.55. The predicted octanol–water partition coefficient (Wildman–Crippen LogP) is 1.82. The van der Waals surface area contributed by atoms with Gasteiger partial charge >= 0.3 is 0 Å². The molecule has 24 heavy (non-hydrogen) atoms. The maximum absolute atomic E-state index is 12.6. The summed E-state index contributed by atoms with van der Waals surface area (Å²) in [6, 6.07) is 3.49. The molecule has 1 fully saturated rings. The Kier molecular flexibility index (Phi) is 5.35. The van der Waals surface area contributed by atoms with Gasteiger partial charge in [0.05, 0.1) is 14.2 Å². The highest BCUT2D eigenvalue weighted by atomic mass is 32.1. The lowest BCUT2D eigenvalue weighted by Crippen LogP contribution is -2.53. The van der Waals surface area contributed by atoms with E-state index in [1.807, 2.05) is 6.92 Å². The van der Waals surface area contributed by atoms with Crippen LogP contribution < -0.4 is 14.8 Å². The molecular weight excluding hydrogens is 328 g/mol. The molecule has 1 aromatic rings. The van der Waals surface area contributed by atoms with Gasteiger partial charge in [-0.3, -0.25) is 19.8 Å². The molecule has 0 atom stereocenters. The smallest absolute Gasteiger partial charge is 0.265 e. The fourth-order valence-electron chi connectivity index (χ4n) is 2.34. The van der Waals surface area contributed by atoms with Crippen molar-refractivity contribution < 1.29 is 19.1 Å². The number of amides is 2. The molecule has 1 heterocycles. The molecule has 1 aliphatic rings. The van der Waals surface area contributed by atoms with E-state index < -0.39 is 11.8 Å². The van der Waals surface area contributed by atoms with Crippen molar-refractivity contribution in [3.8, 4) is 11.5 Å². The predicted molar refractivity (Wildman–Crippen MR) is 94.9 cm³/mol. The average molecular weight is 346 g/mol. The van der Waals surface area contributed by atoms with Crippen LogP contribution in [0.3, 0.4) is 0 Å². The fourth-order valence-corrected chi connectivity index (χ4v) is 2.59. The second-order valence-corrected chi connectivity index (χ2v) is 5.47. The molecule has 6 nitrogen and oxygen atoms in total. The number of hydrogen-bond acceptors (Lipinski definition) is 5. The van der Waals surface area contributed by atoms with Crippen molar-refractivity contribution in [1.29, 1.82) is 0 Å². The zero-order chi connectivity index (χ0) is 17.9. The van der Waals surface area contributed by atoms with E-state index in [2.05, 4.69) is 11.9 Å². The van der Waals surface area contributed by atoms with Gasteiger partial charge in [0.25, 0.3) is 11.8 Å². The van der Waals surface area contributed by atoms with E-state index in [0.29, 0.717) is 17.1 Å². The first kappa shape index (κ1) is 17.7. The molecule has 7 heteroatoms. The van der Waals surface area contributed by atoms with Gasteiger partial charge in [-0.1, -0.05) is 6.08 Å².